The summed E-state index contributed by atoms with van der Waals surface area (Å²) >= 11 is 0. The molecule has 2 atom stereocenters. The predicted octanol–water partition coefficient (Wildman–Crippen LogP) is 9.43. The Hall–Kier alpha value is -4.42. The molecule has 0 fully saturated rings. The molecular formula is C40H46F6O6. The SMILES string of the molecule is CCC(O)COc1ccc(C(C)(C)c2ccc(OC)cc2)cc1.CCC(O)COc1ccc(C(c2ccc(OC)cc2)(C(F)(F)F)C(F)(F)F)cc1. The number of aliphatic hydroxyl groups is 2. The third-order valence-electron chi connectivity index (χ3n) is 8.88. The monoisotopic (exact) mass is 736 g/mol. The van der Waals surface area contributed by atoms with Crippen molar-refractivity contribution in [2.75, 3.05) is 27.4 Å². The molecule has 0 aliphatic carbocycles. The second-order valence-corrected chi connectivity index (χ2v) is 12.6. The van der Waals surface area contributed by atoms with E-state index in [-0.39, 0.29) is 23.5 Å². The summed E-state index contributed by atoms with van der Waals surface area (Å²) in [5.41, 5.74) is -3.86. The zero-order valence-corrected chi connectivity index (χ0v) is 30.0. The quantitative estimate of drug-likeness (QED) is 0.126. The molecular weight excluding hydrogens is 690 g/mol. The van der Waals surface area contributed by atoms with E-state index >= 15 is 0 Å². The van der Waals surface area contributed by atoms with Gasteiger partial charge >= 0.3 is 12.4 Å². The lowest BCUT2D eigenvalue weighted by Crippen LogP contribution is -2.54. The van der Waals surface area contributed by atoms with Gasteiger partial charge in [-0.3, -0.25) is 0 Å². The van der Waals surface area contributed by atoms with E-state index < -0.39 is 41.1 Å². The molecule has 4 aromatic rings. The van der Waals surface area contributed by atoms with Gasteiger partial charge in [-0.05, 0) is 83.6 Å². The summed E-state index contributed by atoms with van der Waals surface area (Å²) in [5.74, 6) is 1.83. The van der Waals surface area contributed by atoms with E-state index in [1.54, 1.807) is 14.0 Å². The third kappa shape index (κ3) is 9.92. The highest BCUT2D eigenvalue weighted by atomic mass is 19.4. The van der Waals surface area contributed by atoms with Gasteiger partial charge in [-0.2, -0.15) is 26.3 Å². The smallest absolute Gasteiger partial charge is 0.411 e. The molecule has 0 aliphatic rings. The second-order valence-electron chi connectivity index (χ2n) is 12.6. The number of halogens is 6. The Bertz CT molecular complexity index is 1620. The van der Waals surface area contributed by atoms with Crippen molar-refractivity contribution in [3.8, 4) is 23.0 Å². The number of rotatable bonds is 14. The van der Waals surface area contributed by atoms with Gasteiger partial charge in [0.25, 0.3) is 0 Å². The first-order valence-electron chi connectivity index (χ1n) is 16.7. The van der Waals surface area contributed by atoms with Crippen LogP contribution >= 0.6 is 0 Å². The van der Waals surface area contributed by atoms with Gasteiger partial charge in [-0.15, -0.1) is 0 Å². The van der Waals surface area contributed by atoms with Crippen LogP contribution in [0.15, 0.2) is 97.1 Å². The first-order valence-corrected chi connectivity index (χ1v) is 16.7. The van der Waals surface area contributed by atoms with Crippen LogP contribution < -0.4 is 18.9 Å². The van der Waals surface area contributed by atoms with Crippen LogP contribution in [0.3, 0.4) is 0 Å². The highest BCUT2D eigenvalue weighted by Crippen LogP contribution is 2.56. The first-order chi connectivity index (χ1) is 24.4. The molecule has 4 aromatic carbocycles. The Morgan fingerprint density at radius 1 is 0.481 bits per heavy atom. The van der Waals surface area contributed by atoms with Crippen LogP contribution in [0.25, 0.3) is 0 Å². The van der Waals surface area contributed by atoms with Crippen LogP contribution in [0.4, 0.5) is 26.3 Å². The molecule has 0 saturated heterocycles. The summed E-state index contributed by atoms with van der Waals surface area (Å²) in [6.45, 7) is 8.24. The van der Waals surface area contributed by atoms with E-state index in [2.05, 4.69) is 38.1 Å². The van der Waals surface area contributed by atoms with Crippen molar-refractivity contribution in [1.29, 1.82) is 0 Å². The molecule has 2 N–H and O–H groups in total. The number of hydrogen-bond donors (Lipinski definition) is 2. The fourth-order valence-corrected chi connectivity index (χ4v) is 5.39. The summed E-state index contributed by atoms with van der Waals surface area (Å²) < 4.78 is 105. The van der Waals surface area contributed by atoms with Crippen molar-refractivity contribution in [1.82, 2.24) is 0 Å². The van der Waals surface area contributed by atoms with Gasteiger partial charge < -0.3 is 29.2 Å². The standard InChI is InChI=1S/C20H20F6O3.C20H26O3/c1-3-15(27)12-29-17-10-6-14(7-11-17)18(19(21,22)23,20(24,25)26)13-4-8-16(28-2)9-5-13;1-5-17(21)14-23-19-12-8-16(9-13-19)20(2,3)15-6-10-18(22-4)11-7-15/h4-11,15,27H,3,12H2,1-2H3;6-13,17,21H,5,14H2,1-4H3. The molecule has 4 rings (SSSR count). The molecule has 0 aromatic heterocycles. The zero-order valence-electron chi connectivity index (χ0n) is 30.0. The third-order valence-corrected chi connectivity index (χ3v) is 8.88. The first kappa shape index (κ1) is 42.0. The van der Waals surface area contributed by atoms with Crippen molar-refractivity contribution >= 4 is 0 Å². The maximum absolute atomic E-state index is 14.0. The summed E-state index contributed by atoms with van der Waals surface area (Å²) in [6, 6.07) is 23.4. The molecule has 0 aliphatic heterocycles. The molecule has 2 unspecified atom stereocenters. The van der Waals surface area contributed by atoms with Crippen molar-refractivity contribution in [3.05, 3.63) is 119 Å². The van der Waals surface area contributed by atoms with Crippen LogP contribution in [-0.4, -0.2) is 62.2 Å². The summed E-state index contributed by atoms with van der Waals surface area (Å²) in [6.07, 6.45) is -11.5. The minimum Gasteiger partial charge on any atom is -0.497 e. The minimum atomic E-state index is -5.67. The maximum Gasteiger partial charge on any atom is 0.411 e. The number of hydrogen-bond acceptors (Lipinski definition) is 6. The van der Waals surface area contributed by atoms with Gasteiger partial charge in [0.1, 0.15) is 36.2 Å². The molecule has 6 nitrogen and oxygen atoms in total. The van der Waals surface area contributed by atoms with E-state index in [0.29, 0.717) is 19.4 Å². The topological polar surface area (TPSA) is 77.4 Å². The Kier molecular flexibility index (Phi) is 14.4. The molecule has 0 saturated carbocycles. The van der Waals surface area contributed by atoms with Crippen molar-refractivity contribution in [2.45, 2.75) is 75.9 Å². The van der Waals surface area contributed by atoms with Crippen LogP contribution in [0.5, 0.6) is 23.0 Å². The van der Waals surface area contributed by atoms with Crippen LogP contribution in [0, 0.1) is 0 Å². The minimum absolute atomic E-state index is 0.0502. The van der Waals surface area contributed by atoms with E-state index in [1.165, 1.54) is 18.2 Å². The molecule has 0 amide bonds. The molecule has 284 valence electrons. The van der Waals surface area contributed by atoms with Crippen molar-refractivity contribution in [2.24, 2.45) is 0 Å². The molecule has 0 heterocycles. The van der Waals surface area contributed by atoms with Gasteiger partial charge in [0.2, 0.25) is 5.41 Å². The average molecular weight is 737 g/mol. The highest BCUT2D eigenvalue weighted by molar-refractivity contribution is 5.47. The lowest BCUT2D eigenvalue weighted by atomic mass is 9.73. The van der Waals surface area contributed by atoms with Crippen molar-refractivity contribution < 1.29 is 55.5 Å². The van der Waals surface area contributed by atoms with E-state index in [0.717, 1.165) is 60.0 Å². The molecule has 12 heteroatoms. The van der Waals surface area contributed by atoms with E-state index in [1.807, 2.05) is 31.2 Å². The fourth-order valence-electron chi connectivity index (χ4n) is 5.39. The molecule has 0 spiro atoms. The summed E-state index contributed by atoms with van der Waals surface area (Å²) in [4.78, 5) is 0. The Morgan fingerprint density at radius 2 is 0.750 bits per heavy atom. The van der Waals surface area contributed by atoms with Crippen LogP contribution in [-0.2, 0) is 10.8 Å². The van der Waals surface area contributed by atoms with E-state index in [4.69, 9.17) is 18.9 Å². The van der Waals surface area contributed by atoms with Crippen LogP contribution in [0.1, 0.15) is 62.8 Å². The summed E-state index contributed by atoms with van der Waals surface area (Å²) in [5, 5.41) is 19.0. The highest BCUT2D eigenvalue weighted by Gasteiger charge is 2.72. The Morgan fingerprint density at radius 3 is 1.00 bits per heavy atom. The average Bonchev–Trinajstić information content (AvgIpc) is 3.13. The number of aliphatic hydroxyl groups excluding tert-OH is 2. The van der Waals surface area contributed by atoms with Crippen molar-refractivity contribution in [3.63, 3.8) is 0 Å². The number of ether oxygens (including phenoxy) is 4. The lowest BCUT2D eigenvalue weighted by Gasteiger charge is -2.38. The molecule has 0 radical (unpaired) electrons. The zero-order chi connectivity index (χ0) is 38.7. The fraction of sp³-hybridized carbons (Fsp3) is 0.400. The molecule has 0 bridgehead atoms. The lowest BCUT2D eigenvalue weighted by molar-refractivity contribution is -0.288. The maximum atomic E-state index is 14.0. The normalized spacial score (nSPS) is 13.3. The van der Waals surface area contributed by atoms with Gasteiger partial charge in [0, 0.05) is 5.41 Å². The number of benzene rings is 4. The Balaban J connectivity index is 0.000000288. The second kappa shape index (κ2) is 17.9. The summed E-state index contributed by atoms with van der Waals surface area (Å²) in [7, 11) is 2.93. The predicted molar refractivity (Wildman–Crippen MR) is 187 cm³/mol. The number of alkyl halides is 6. The van der Waals surface area contributed by atoms with Gasteiger partial charge in [-0.1, -0.05) is 76.2 Å². The molecule has 52 heavy (non-hydrogen) atoms. The largest absolute Gasteiger partial charge is 0.497 e. The van der Waals surface area contributed by atoms with E-state index in [9.17, 15) is 36.6 Å². The van der Waals surface area contributed by atoms with Crippen LogP contribution in [0.2, 0.25) is 0 Å². The van der Waals surface area contributed by atoms with Gasteiger partial charge in [0.05, 0.1) is 26.4 Å². The van der Waals surface area contributed by atoms with Gasteiger partial charge in [-0.25, -0.2) is 0 Å². The van der Waals surface area contributed by atoms with Gasteiger partial charge in [0.15, 0.2) is 0 Å². The number of methoxy groups -OCH3 is 2. The Labute approximate surface area is 300 Å².